The number of hydrogen-bond acceptors (Lipinski definition) is 4. The van der Waals surface area contributed by atoms with E-state index >= 15 is 0 Å². The van der Waals surface area contributed by atoms with E-state index in [0.717, 1.165) is 5.13 Å². The van der Waals surface area contributed by atoms with Gasteiger partial charge in [0.2, 0.25) is 0 Å². The molecule has 0 aliphatic rings. The van der Waals surface area contributed by atoms with Gasteiger partial charge in [-0.15, -0.1) is 11.3 Å². The third-order valence-corrected chi connectivity index (χ3v) is 2.44. The smallest absolute Gasteiger partial charge is 0.195 e. The quantitative estimate of drug-likeness (QED) is 0.750. The standard InChI is InChI=1S/C7H6N4S2/c8-5(12)6-9-1-3-11(6)7-10-2-4-13-7/h1-4H,(H2,8,12). The largest absolute Gasteiger partial charge is 0.387 e. The first-order valence-corrected chi connectivity index (χ1v) is 4.81. The number of nitrogens with two attached hydrogens (primary N) is 1. The number of imidazole rings is 1. The molecule has 0 unspecified atom stereocenters. The molecule has 2 aromatic rings. The van der Waals surface area contributed by atoms with Gasteiger partial charge in [0.1, 0.15) is 4.99 Å². The van der Waals surface area contributed by atoms with Gasteiger partial charge in [-0.3, -0.25) is 4.57 Å². The zero-order valence-electron chi connectivity index (χ0n) is 6.54. The molecule has 0 fully saturated rings. The molecule has 0 atom stereocenters. The predicted molar refractivity (Wildman–Crippen MR) is 55.1 cm³/mol. The zero-order chi connectivity index (χ0) is 9.26. The highest BCUT2D eigenvalue weighted by Crippen LogP contribution is 2.12. The van der Waals surface area contributed by atoms with Crippen molar-refractivity contribution in [1.29, 1.82) is 0 Å². The van der Waals surface area contributed by atoms with Gasteiger partial charge < -0.3 is 5.73 Å². The number of thiazole rings is 1. The summed E-state index contributed by atoms with van der Waals surface area (Å²) in [6.07, 6.45) is 5.16. The van der Waals surface area contributed by atoms with Crippen LogP contribution in [0.5, 0.6) is 0 Å². The van der Waals surface area contributed by atoms with Crippen molar-refractivity contribution in [2.24, 2.45) is 5.73 Å². The van der Waals surface area contributed by atoms with Crippen LogP contribution in [-0.2, 0) is 0 Å². The molecule has 0 radical (unpaired) electrons. The van der Waals surface area contributed by atoms with Gasteiger partial charge in [0.15, 0.2) is 11.0 Å². The molecule has 2 aromatic heterocycles. The highest BCUT2D eigenvalue weighted by molar-refractivity contribution is 7.80. The number of aromatic nitrogens is 3. The van der Waals surface area contributed by atoms with Gasteiger partial charge in [-0.2, -0.15) is 0 Å². The second-order valence-corrected chi connectivity index (χ2v) is 3.61. The fraction of sp³-hybridized carbons (Fsp3) is 0. The van der Waals surface area contributed by atoms with Crippen LogP contribution >= 0.6 is 23.6 Å². The fourth-order valence-corrected chi connectivity index (χ4v) is 1.75. The first-order chi connectivity index (χ1) is 6.29. The number of rotatable bonds is 2. The summed E-state index contributed by atoms with van der Waals surface area (Å²) in [5.74, 6) is 0.574. The van der Waals surface area contributed by atoms with Crippen LogP contribution in [0, 0.1) is 0 Å². The second-order valence-electron chi connectivity index (χ2n) is 2.30. The molecule has 4 nitrogen and oxygen atoms in total. The molecule has 66 valence electrons. The van der Waals surface area contributed by atoms with Crippen LogP contribution in [-0.4, -0.2) is 19.5 Å². The molecule has 2 heterocycles. The number of thiocarbonyl (C=S) groups is 1. The maximum absolute atomic E-state index is 5.49. The van der Waals surface area contributed by atoms with Crippen LogP contribution in [0.1, 0.15) is 5.82 Å². The summed E-state index contributed by atoms with van der Waals surface area (Å²) >= 11 is 6.36. The van der Waals surface area contributed by atoms with E-state index in [-0.39, 0.29) is 4.99 Å². The Hall–Kier alpha value is -1.27. The van der Waals surface area contributed by atoms with E-state index in [0.29, 0.717) is 5.82 Å². The Labute approximate surface area is 84.1 Å². The zero-order valence-corrected chi connectivity index (χ0v) is 8.18. The molecule has 0 aromatic carbocycles. The summed E-state index contributed by atoms with van der Waals surface area (Å²) in [5.41, 5.74) is 5.49. The molecule has 0 aliphatic carbocycles. The van der Waals surface area contributed by atoms with E-state index in [2.05, 4.69) is 9.97 Å². The van der Waals surface area contributed by atoms with Crippen molar-refractivity contribution in [2.75, 3.05) is 0 Å². The average Bonchev–Trinajstić information content (AvgIpc) is 2.74. The Morgan fingerprint density at radius 2 is 2.31 bits per heavy atom. The normalized spacial score (nSPS) is 10.2. The molecule has 0 saturated heterocycles. The van der Waals surface area contributed by atoms with Gasteiger partial charge in [-0.25, -0.2) is 9.97 Å². The van der Waals surface area contributed by atoms with Gasteiger partial charge >= 0.3 is 0 Å². The molecule has 13 heavy (non-hydrogen) atoms. The van der Waals surface area contributed by atoms with Gasteiger partial charge in [-0.05, 0) is 0 Å². The molecule has 0 saturated carbocycles. The van der Waals surface area contributed by atoms with Crippen molar-refractivity contribution < 1.29 is 0 Å². The molecule has 0 spiro atoms. The van der Waals surface area contributed by atoms with Crippen molar-refractivity contribution >= 4 is 28.5 Å². The molecule has 0 aliphatic heterocycles. The van der Waals surface area contributed by atoms with Crippen LogP contribution in [0.25, 0.3) is 5.13 Å². The van der Waals surface area contributed by atoms with E-state index in [4.69, 9.17) is 18.0 Å². The highest BCUT2D eigenvalue weighted by Gasteiger charge is 2.08. The lowest BCUT2D eigenvalue weighted by atomic mass is 10.6. The minimum absolute atomic E-state index is 0.278. The Morgan fingerprint density at radius 3 is 2.92 bits per heavy atom. The van der Waals surface area contributed by atoms with Gasteiger partial charge in [-0.1, -0.05) is 12.2 Å². The van der Waals surface area contributed by atoms with Crippen LogP contribution in [0.4, 0.5) is 0 Å². The van der Waals surface area contributed by atoms with E-state index in [9.17, 15) is 0 Å². The van der Waals surface area contributed by atoms with Crippen molar-refractivity contribution in [3.63, 3.8) is 0 Å². The number of hydrogen-bond donors (Lipinski definition) is 1. The first kappa shape index (κ1) is 8.33. The van der Waals surface area contributed by atoms with Gasteiger partial charge in [0, 0.05) is 24.0 Å². The molecule has 2 rings (SSSR count). The molecular weight excluding hydrogens is 204 g/mol. The molecular formula is C7H6N4S2. The van der Waals surface area contributed by atoms with Crippen molar-refractivity contribution in [3.8, 4) is 5.13 Å². The van der Waals surface area contributed by atoms with Gasteiger partial charge in [0.25, 0.3) is 0 Å². The lowest BCUT2D eigenvalue weighted by Crippen LogP contribution is -2.15. The van der Waals surface area contributed by atoms with Crippen molar-refractivity contribution in [2.45, 2.75) is 0 Å². The maximum atomic E-state index is 5.49. The van der Waals surface area contributed by atoms with Crippen LogP contribution in [0.15, 0.2) is 24.0 Å². The Bertz CT molecular complexity index is 417. The Morgan fingerprint density at radius 1 is 1.46 bits per heavy atom. The summed E-state index contributed by atoms with van der Waals surface area (Å²) in [5, 5.41) is 2.71. The summed E-state index contributed by atoms with van der Waals surface area (Å²) in [7, 11) is 0. The third kappa shape index (κ3) is 1.45. The monoisotopic (exact) mass is 210 g/mol. The summed E-state index contributed by atoms with van der Waals surface area (Å²) in [6, 6.07) is 0. The van der Waals surface area contributed by atoms with Crippen molar-refractivity contribution in [3.05, 3.63) is 29.8 Å². The SMILES string of the molecule is NC(=S)c1nccn1-c1nccs1. The minimum atomic E-state index is 0.278. The second kappa shape index (κ2) is 3.23. The molecule has 2 N–H and O–H groups in total. The topological polar surface area (TPSA) is 56.7 Å². The lowest BCUT2D eigenvalue weighted by molar-refractivity contribution is 1.01. The molecule has 0 bridgehead atoms. The van der Waals surface area contributed by atoms with E-state index in [1.54, 1.807) is 23.2 Å². The average molecular weight is 210 g/mol. The summed E-state index contributed by atoms with van der Waals surface area (Å²) < 4.78 is 1.77. The molecule has 0 amide bonds. The van der Waals surface area contributed by atoms with E-state index in [1.807, 2.05) is 5.38 Å². The van der Waals surface area contributed by atoms with Crippen molar-refractivity contribution in [1.82, 2.24) is 14.5 Å². The minimum Gasteiger partial charge on any atom is -0.387 e. The number of nitrogens with zero attached hydrogens (tertiary/aromatic N) is 3. The van der Waals surface area contributed by atoms with E-state index < -0.39 is 0 Å². The molecule has 6 heteroatoms. The van der Waals surface area contributed by atoms with Crippen LogP contribution in [0.2, 0.25) is 0 Å². The maximum Gasteiger partial charge on any atom is 0.195 e. The van der Waals surface area contributed by atoms with Gasteiger partial charge in [0.05, 0.1) is 0 Å². The Kier molecular flexibility index (Phi) is 2.07. The highest BCUT2D eigenvalue weighted by atomic mass is 32.1. The summed E-state index contributed by atoms with van der Waals surface area (Å²) in [4.78, 5) is 8.44. The third-order valence-electron chi connectivity index (χ3n) is 1.49. The fourth-order valence-electron chi connectivity index (χ4n) is 0.975. The summed E-state index contributed by atoms with van der Waals surface area (Å²) in [6.45, 7) is 0. The predicted octanol–water partition coefficient (Wildman–Crippen LogP) is 0.963. The Balaban J connectivity index is 2.52. The first-order valence-electron chi connectivity index (χ1n) is 3.52. The van der Waals surface area contributed by atoms with E-state index in [1.165, 1.54) is 11.3 Å². The van der Waals surface area contributed by atoms with Crippen LogP contribution < -0.4 is 5.73 Å². The van der Waals surface area contributed by atoms with Crippen LogP contribution in [0.3, 0.4) is 0 Å². The lowest BCUT2D eigenvalue weighted by Gasteiger charge is -2.00.